The van der Waals surface area contributed by atoms with Gasteiger partial charge in [0, 0.05) is 0 Å². The fraction of sp³-hybridized carbons (Fsp3) is 0. The molecule has 0 atom stereocenters. The second-order valence-corrected chi connectivity index (χ2v) is 554. The minimum absolute atomic E-state index is 0.347. The van der Waals surface area contributed by atoms with E-state index in [0.717, 1.165) is 0 Å². The van der Waals surface area contributed by atoms with Gasteiger partial charge in [-0.1, -0.05) is 0 Å². The molecule has 0 aliphatic rings. The third-order valence-corrected chi connectivity index (χ3v) is 1740. The first-order chi connectivity index (χ1) is 11.4. The number of rotatable bonds is 11. The summed E-state index contributed by atoms with van der Waals surface area (Å²) in [6.45, 7) is 0. The molecule has 25 heteroatoms. The molecule has 0 N–H and O–H groups in total. The Balaban J connectivity index is 4.98. The maximum atomic E-state index is 3.23. The first-order valence-electron chi connectivity index (χ1n) is 3.43. The molecule has 0 nitrogen and oxygen atoms in total. The first-order valence-corrected chi connectivity index (χ1v) is 154. The predicted molar refractivity (Wildman–Crippen MR) is 336 cm³/mol. The van der Waals surface area contributed by atoms with Crippen molar-refractivity contribution in [3.8, 4) is 0 Å². The van der Waals surface area contributed by atoms with Gasteiger partial charge in [0.15, 0.2) is 0 Å². The van der Waals surface area contributed by atoms with Gasteiger partial charge in [0.1, 0.15) is 0 Å². The van der Waals surface area contributed by atoms with Gasteiger partial charge in [-0.2, -0.15) is 0 Å². The van der Waals surface area contributed by atoms with Crippen molar-refractivity contribution < 1.29 is 13.3 Å². The average Bonchev–Trinajstić information content (AvgIpc) is 2.61. The Morgan fingerprint density at radius 3 is 0.840 bits per heavy atom. The molecule has 0 rings (SSSR count). The molecular weight excluding hydrogens is 3170 g/mol. The Morgan fingerprint density at radius 2 is 0.600 bits per heavy atom. The van der Waals surface area contributed by atoms with Gasteiger partial charge in [-0.3, -0.25) is 0 Å². The van der Waals surface area contributed by atoms with E-state index in [2.05, 4.69) is 242 Å². The van der Waals surface area contributed by atoms with Crippen LogP contribution in [0.15, 0.2) is 0 Å². The molecule has 0 spiro atoms. The van der Waals surface area contributed by atoms with Gasteiger partial charge in [-0.25, -0.2) is 0 Å². The molecule has 0 bridgehead atoms. The zero-order valence-corrected chi connectivity index (χ0v) is 63.4. The first kappa shape index (κ1) is 43.3. The Labute approximate surface area is 323 Å². The summed E-state index contributed by atoms with van der Waals surface area (Å²) in [7, 11) is -4.61. The van der Waals surface area contributed by atoms with Crippen LogP contribution in [0.2, 0.25) is 0 Å². The molecular formula is I25-. The molecule has 0 unspecified atom stereocenters. The molecule has 0 amide bonds. The Morgan fingerprint density at radius 1 is 0.360 bits per heavy atom. The van der Waals surface area contributed by atoms with Gasteiger partial charge in [0.05, 0.1) is 0 Å². The third-order valence-electron chi connectivity index (χ3n) is 0.857. The van der Waals surface area contributed by atoms with E-state index < -0.39 is 71.0 Å². The van der Waals surface area contributed by atoms with E-state index in [1.807, 2.05) is 0 Å². The van der Waals surface area contributed by atoms with Crippen LogP contribution in [-0.2, 0) is 0 Å². The molecule has 0 fully saturated rings. The number of hydrogen-bond acceptors (Lipinski definition) is 0. The Hall–Kier alpha value is 18.3. The van der Waals surface area contributed by atoms with Gasteiger partial charge in [-0.15, -0.1) is 0 Å². The monoisotopic (exact) mass is 3170 g/mol. The SMILES string of the molecule is I[I-]I(I)I(I)I(I)I(I)I(I)I(I)I(I)I(I)I(I)I(I)I(I)I. The molecule has 0 aliphatic heterocycles. The van der Waals surface area contributed by atoms with Crippen LogP contribution in [-0.4, -0.2) is 0 Å². The van der Waals surface area contributed by atoms with E-state index in [-0.39, 0.29) is 15.8 Å². The minimum atomic E-state index is -0.456. The summed E-state index contributed by atoms with van der Waals surface area (Å²) in [4.78, 5) is 0. The molecule has 0 aromatic heterocycles. The van der Waals surface area contributed by atoms with Gasteiger partial charge in [0.2, 0.25) is 0 Å². The summed E-state index contributed by atoms with van der Waals surface area (Å²) in [6, 6.07) is 0. The molecule has 0 radical (unpaired) electrons. The summed E-state index contributed by atoms with van der Waals surface area (Å²) >= 11 is 41.0. The van der Waals surface area contributed by atoms with Crippen LogP contribution in [0.1, 0.15) is 0 Å². The van der Waals surface area contributed by atoms with Crippen LogP contribution in [0.3, 0.4) is 0 Å². The van der Waals surface area contributed by atoms with Gasteiger partial charge in [-0.05, 0) is 0 Å². The maximum absolute atomic E-state index is 3.23. The van der Waals surface area contributed by atoms with Crippen molar-refractivity contribution in [1.29, 1.82) is 0 Å². The van der Waals surface area contributed by atoms with E-state index in [1.165, 1.54) is 0 Å². The number of hydrogen-bond donors (Lipinski definition) is 0. The second kappa shape index (κ2) is 26.3. The van der Waals surface area contributed by atoms with Crippen LogP contribution < -0.4 is 13.3 Å². The molecule has 0 aromatic carbocycles. The topological polar surface area (TPSA) is 0 Å². The summed E-state index contributed by atoms with van der Waals surface area (Å²) in [6.07, 6.45) is 0. The quantitative estimate of drug-likeness (QED) is 0.181. The fourth-order valence-electron chi connectivity index (χ4n) is 0.293. The van der Waals surface area contributed by atoms with Gasteiger partial charge in [0.25, 0.3) is 0 Å². The third kappa shape index (κ3) is 18.9. The van der Waals surface area contributed by atoms with Crippen molar-refractivity contribution >= 4 is 329 Å². The summed E-state index contributed by atoms with van der Waals surface area (Å²) in [5.74, 6) is 0. The molecule has 0 saturated heterocycles. The van der Waals surface area contributed by atoms with Crippen molar-refractivity contribution in [2.45, 2.75) is 0 Å². The molecule has 25 heavy (non-hydrogen) atoms. The Kier molecular flexibility index (Phi) is 45.6. The Bertz CT molecular complexity index is 344. The van der Waals surface area contributed by atoms with E-state index in [4.69, 9.17) is 0 Å². The van der Waals surface area contributed by atoms with Gasteiger partial charge >= 0.3 is 342 Å². The van der Waals surface area contributed by atoms with Crippen molar-refractivity contribution in [1.82, 2.24) is 0 Å². The number of halogens is 25. The van der Waals surface area contributed by atoms with E-state index in [0.29, 0.717) is 13.3 Å². The molecule has 0 saturated carbocycles. The van der Waals surface area contributed by atoms with Gasteiger partial charge < -0.3 is 0 Å². The summed E-state index contributed by atoms with van der Waals surface area (Å²) in [5, 5.41) is 0. The summed E-state index contributed by atoms with van der Waals surface area (Å²) in [5.41, 5.74) is 0. The molecule has 0 heterocycles. The normalized spacial score (nSPS) is 18.0. The second-order valence-electron chi connectivity index (χ2n) is 1.84. The van der Waals surface area contributed by atoms with E-state index >= 15 is 0 Å². The van der Waals surface area contributed by atoms with Crippen molar-refractivity contribution in [3.63, 3.8) is 0 Å². The molecule has 0 aromatic rings. The van der Waals surface area contributed by atoms with Crippen molar-refractivity contribution in [2.75, 3.05) is 0 Å². The molecule has 0 aliphatic carbocycles. The molecule has 176 valence electrons. The van der Waals surface area contributed by atoms with Crippen molar-refractivity contribution in [2.24, 2.45) is 0 Å². The van der Waals surface area contributed by atoms with Crippen LogP contribution in [0.25, 0.3) is 0 Å². The van der Waals surface area contributed by atoms with Crippen molar-refractivity contribution in [3.05, 3.63) is 0 Å². The zero-order valence-electron chi connectivity index (χ0n) is 9.45. The van der Waals surface area contributed by atoms with E-state index in [9.17, 15) is 0 Å². The standard InChI is InChI=1S/I25/c1-14-16(4)18(6)20(8)22(10)24(12)25(13)23(11)21(9)19(7)17(5)15(2)3/q-1. The predicted octanol–water partition coefficient (Wildman–Crippen LogP) is 18.3. The van der Waals surface area contributed by atoms with Crippen LogP contribution >= 0.6 is 329 Å². The van der Waals surface area contributed by atoms with Crippen LogP contribution in [0, 0.1) is 0 Å². The fourth-order valence-corrected chi connectivity index (χ4v) is 3980. The summed E-state index contributed by atoms with van der Waals surface area (Å²) < 4.78 is 0. The zero-order chi connectivity index (χ0) is 20.1. The van der Waals surface area contributed by atoms with Crippen LogP contribution in [0.4, 0.5) is 0 Å². The van der Waals surface area contributed by atoms with Crippen LogP contribution in [0.5, 0.6) is 0 Å². The van der Waals surface area contributed by atoms with E-state index in [1.54, 1.807) is 0 Å². The average molecular weight is 3170 g/mol.